The molecule has 0 aliphatic heterocycles. The fourth-order valence-corrected chi connectivity index (χ4v) is 3.69. The Kier molecular flexibility index (Phi) is 5.96. The summed E-state index contributed by atoms with van der Waals surface area (Å²) in [6.07, 6.45) is 0. The summed E-state index contributed by atoms with van der Waals surface area (Å²) in [6, 6.07) is 14.9. The zero-order valence-electron chi connectivity index (χ0n) is 14.5. The van der Waals surface area contributed by atoms with Crippen LogP contribution < -0.4 is 4.74 Å². The van der Waals surface area contributed by atoms with Crippen LogP contribution >= 0.6 is 23.4 Å². The Morgan fingerprint density at radius 3 is 2.62 bits per heavy atom. The molecule has 0 saturated carbocycles. The van der Waals surface area contributed by atoms with E-state index in [-0.39, 0.29) is 11.5 Å². The minimum atomic E-state index is -0.0218. The zero-order valence-corrected chi connectivity index (χ0v) is 16.0. The molecule has 3 rings (SSSR count). The summed E-state index contributed by atoms with van der Waals surface area (Å²) >= 11 is 7.47. The number of ether oxygens (including phenoxy) is 1. The van der Waals surface area contributed by atoms with Gasteiger partial charge < -0.3 is 9.30 Å². The van der Waals surface area contributed by atoms with Gasteiger partial charge >= 0.3 is 0 Å². The van der Waals surface area contributed by atoms with Gasteiger partial charge in [-0.3, -0.25) is 4.79 Å². The van der Waals surface area contributed by atoms with Gasteiger partial charge in [0.25, 0.3) is 0 Å². The Balaban J connectivity index is 1.75. The monoisotopic (exact) mass is 387 g/mol. The molecule has 0 fully saturated rings. The van der Waals surface area contributed by atoms with Crippen LogP contribution in [0.15, 0.2) is 53.7 Å². The van der Waals surface area contributed by atoms with E-state index >= 15 is 0 Å². The fourth-order valence-electron chi connectivity index (χ4n) is 2.53. The standard InChI is InChI=1S/C19H18ClN3O2S/c1-3-23-18(13-7-5-4-6-8-13)21-22-19(23)26-12-16(24)14-9-10-17(25-2)15(20)11-14/h4-11H,3,12H2,1-2H3. The van der Waals surface area contributed by atoms with Gasteiger partial charge in [-0.1, -0.05) is 53.7 Å². The first-order valence-electron chi connectivity index (χ1n) is 8.12. The van der Waals surface area contributed by atoms with Crippen molar-refractivity contribution < 1.29 is 9.53 Å². The highest BCUT2D eigenvalue weighted by atomic mass is 35.5. The number of carbonyl (C=O) groups is 1. The van der Waals surface area contributed by atoms with E-state index in [1.165, 1.54) is 11.8 Å². The van der Waals surface area contributed by atoms with Crippen LogP contribution in [0, 0.1) is 0 Å². The van der Waals surface area contributed by atoms with Crippen LogP contribution in [0.4, 0.5) is 0 Å². The Morgan fingerprint density at radius 2 is 1.96 bits per heavy atom. The van der Waals surface area contributed by atoms with Gasteiger partial charge in [-0.25, -0.2) is 0 Å². The third kappa shape index (κ3) is 3.92. The molecule has 0 radical (unpaired) electrons. The van der Waals surface area contributed by atoms with E-state index < -0.39 is 0 Å². The summed E-state index contributed by atoms with van der Waals surface area (Å²) in [5, 5.41) is 9.68. The predicted molar refractivity (Wildman–Crippen MR) is 104 cm³/mol. The summed E-state index contributed by atoms with van der Waals surface area (Å²) in [5.41, 5.74) is 1.55. The number of thioether (sulfide) groups is 1. The zero-order chi connectivity index (χ0) is 18.5. The van der Waals surface area contributed by atoms with Gasteiger partial charge in [0.1, 0.15) is 5.75 Å². The van der Waals surface area contributed by atoms with Gasteiger partial charge in [0, 0.05) is 17.7 Å². The van der Waals surface area contributed by atoms with Crippen LogP contribution in [0.5, 0.6) is 5.75 Å². The Labute approximate surface area is 161 Å². The van der Waals surface area contributed by atoms with E-state index in [0.29, 0.717) is 16.3 Å². The number of benzene rings is 2. The van der Waals surface area contributed by atoms with E-state index in [2.05, 4.69) is 10.2 Å². The number of ketones is 1. The molecule has 0 spiro atoms. The van der Waals surface area contributed by atoms with Gasteiger partial charge in [-0.05, 0) is 25.1 Å². The number of rotatable bonds is 7. The maximum atomic E-state index is 12.5. The molecule has 5 nitrogen and oxygen atoms in total. The van der Waals surface area contributed by atoms with E-state index in [0.717, 1.165) is 23.1 Å². The third-order valence-electron chi connectivity index (χ3n) is 3.87. The molecule has 7 heteroatoms. The van der Waals surface area contributed by atoms with Crippen LogP contribution in [0.25, 0.3) is 11.4 Å². The number of Topliss-reactive ketones (excluding diaryl/α,β-unsaturated/α-hetero) is 1. The summed E-state index contributed by atoms with van der Waals surface area (Å²) in [6.45, 7) is 2.76. The Morgan fingerprint density at radius 1 is 1.19 bits per heavy atom. The quantitative estimate of drug-likeness (QED) is 0.438. The van der Waals surface area contributed by atoms with Crippen molar-refractivity contribution in [3.05, 3.63) is 59.1 Å². The van der Waals surface area contributed by atoms with Crippen LogP contribution in [-0.4, -0.2) is 33.4 Å². The SMILES string of the molecule is CCn1c(SCC(=O)c2ccc(OC)c(Cl)c2)nnc1-c1ccccc1. The van der Waals surface area contributed by atoms with Gasteiger partial charge in [-0.15, -0.1) is 10.2 Å². The summed E-state index contributed by atoms with van der Waals surface area (Å²) in [7, 11) is 1.54. The average molecular weight is 388 g/mol. The normalized spacial score (nSPS) is 10.7. The molecular formula is C19H18ClN3O2S. The maximum Gasteiger partial charge on any atom is 0.191 e. The number of hydrogen-bond acceptors (Lipinski definition) is 5. The fraction of sp³-hybridized carbons (Fsp3) is 0.211. The molecule has 1 aromatic heterocycles. The van der Waals surface area contributed by atoms with Crippen molar-refractivity contribution >= 4 is 29.1 Å². The molecule has 0 N–H and O–H groups in total. The van der Waals surface area contributed by atoms with E-state index in [1.54, 1.807) is 25.3 Å². The van der Waals surface area contributed by atoms with Crippen molar-refractivity contribution in [2.24, 2.45) is 0 Å². The molecule has 26 heavy (non-hydrogen) atoms. The van der Waals surface area contributed by atoms with E-state index in [9.17, 15) is 4.79 Å². The number of methoxy groups -OCH3 is 1. The predicted octanol–water partition coefficient (Wildman–Crippen LogP) is 4.60. The molecular weight excluding hydrogens is 370 g/mol. The van der Waals surface area contributed by atoms with Crippen LogP contribution in [-0.2, 0) is 6.54 Å². The number of aromatic nitrogens is 3. The molecule has 0 amide bonds. The lowest BCUT2D eigenvalue weighted by Crippen LogP contribution is -2.05. The Bertz CT molecular complexity index is 912. The maximum absolute atomic E-state index is 12.5. The molecule has 0 aliphatic carbocycles. The second-order valence-electron chi connectivity index (χ2n) is 5.48. The summed E-state index contributed by atoms with van der Waals surface area (Å²) in [5.74, 6) is 1.59. The highest BCUT2D eigenvalue weighted by Crippen LogP contribution is 2.27. The highest BCUT2D eigenvalue weighted by molar-refractivity contribution is 7.99. The van der Waals surface area contributed by atoms with Gasteiger partial charge in [0.15, 0.2) is 16.8 Å². The van der Waals surface area contributed by atoms with E-state index in [4.69, 9.17) is 16.3 Å². The number of hydrogen-bond donors (Lipinski definition) is 0. The lowest BCUT2D eigenvalue weighted by molar-refractivity contribution is 0.102. The first-order chi connectivity index (χ1) is 12.6. The van der Waals surface area contributed by atoms with Crippen molar-refractivity contribution in [2.75, 3.05) is 12.9 Å². The number of nitrogens with zero attached hydrogens (tertiary/aromatic N) is 3. The molecule has 2 aromatic carbocycles. The number of halogens is 1. The van der Waals surface area contributed by atoms with Crippen LogP contribution in [0.1, 0.15) is 17.3 Å². The number of carbonyl (C=O) groups excluding carboxylic acids is 1. The van der Waals surface area contributed by atoms with Crippen molar-refractivity contribution in [2.45, 2.75) is 18.6 Å². The second kappa shape index (κ2) is 8.38. The van der Waals surface area contributed by atoms with Crippen molar-refractivity contribution in [1.29, 1.82) is 0 Å². The first-order valence-corrected chi connectivity index (χ1v) is 9.48. The van der Waals surface area contributed by atoms with Gasteiger partial charge in [0.2, 0.25) is 0 Å². The molecule has 0 unspecified atom stereocenters. The Hall–Kier alpha value is -2.31. The largest absolute Gasteiger partial charge is 0.495 e. The van der Waals surface area contributed by atoms with Gasteiger partial charge in [-0.2, -0.15) is 0 Å². The lowest BCUT2D eigenvalue weighted by Gasteiger charge is -2.08. The smallest absolute Gasteiger partial charge is 0.191 e. The molecule has 0 aliphatic rings. The second-order valence-corrected chi connectivity index (χ2v) is 6.83. The summed E-state index contributed by atoms with van der Waals surface area (Å²) < 4.78 is 7.12. The molecule has 1 heterocycles. The molecule has 0 atom stereocenters. The van der Waals surface area contributed by atoms with Crippen LogP contribution in [0.2, 0.25) is 5.02 Å². The minimum Gasteiger partial charge on any atom is -0.495 e. The highest BCUT2D eigenvalue weighted by Gasteiger charge is 2.15. The van der Waals surface area contributed by atoms with Crippen molar-refractivity contribution in [3.8, 4) is 17.1 Å². The lowest BCUT2D eigenvalue weighted by atomic mass is 10.1. The first kappa shape index (κ1) is 18.5. The minimum absolute atomic E-state index is 0.0218. The van der Waals surface area contributed by atoms with Crippen LogP contribution in [0.3, 0.4) is 0 Å². The molecule has 0 bridgehead atoms. The topological polar surface area (TPSA) is 57.0 Å². The summed E-state index contributed by atoms with van der Waals surface area (Å²) in [4.78, 5) is 12.5. The van der Waals surface area contributed by atoms with E-state index in [1.807, 2.05) is 41.8 Å². The van der Waals surface area contributed by atoms with Crippen molar-refractivity contribution in [1.82, 2.24) is 14.8 Å². The third-order valence-corrected chi connectivity index (χ3v) is 5.13. The molecule has 3 aromatic rings. The average Bonchev–Trinajstić information content (AvgIpc) is 3.09. The molecule has 0 saturated heterocycles. The van der Waals surface area contributed by atoms with Crippen molar-refractivity contribution in [3.63, 3.8) is 0 Å². The van der Waals surface area contributed by atoms with Gasteiger partial charge in [0.05, 0.1) is 17.9 Å². The molecule has 134 valence electrons.